The Labute approximate surface area is 110 Å². The lowest BCUT2D eigenvalue weighted by molar-refractivity contribution is 0.772. The Balaban J connectivity index is 2.19. The van der Waals surface area contributed by atoms with Crippen molar-refractivity contribution >= 4 is 21.9 Å². The summed E-state index contributed by atoms with van der Waals surface area (Å²) in [4.78, 5) is 4.32. The topological polar surface area (TPSA) is 29.9 Å². The number of imidazole rings is 1. The molecule has 2 aromatic rings. The normalized spacial score (nSPS) is 10.8. The van der Waals surface area contributed by atoms with Crippen molar-refractivity contribution in [3.8, 4) is 0 Å². The Hall–Kier alpha value is -1.29. The first-order valence-electron chi connectivity index (χ1n) is 5.68. The van der Waals surface area contributed by atoms with Crippen molar-refractivity contribution in [3.05, 3.63) is 46.7 Å². The molecular formula is C13H16BrN3. The lowest BCUT2D eigenvalue weighted by Gasteiger charge is -2.13. The molecular weight excluding hydrogens is 278 g/mol. The maximum Gasteiger partial charge on any atom is 0.203 e. The zero-order chi connectivity index (χ0) is 12.3. The monoisotopic (exact) mass is 293 g/mol. The van der Waals surface area contributed by atoms with Crippen LogP contribution >= 0.6 is 15.9 Å². The minimum atomic E-state index is 0.385. The van der Waals surface area contributed by atoms with Crippen LogP contribution in [0.25, 0.3) is 0 Å². The van der Waals surface area contributed by atoms with Crippen LogP contribution in [0.1, 0.15) is 19.4 Å². The molecule has 1 N–H and O–H groups in total. The molecule has 0 aliphatic heterocycles. The van der Waals surface area contributed by atoms with Crippen molar-refractivity contribution in [2.24, 2.45) is 0 Å². The molecule has 0 saturated heterocycles. The van der Waals surface area contributed by atoms with Gasteiger partial charge in [0.05, 0.1) is 6.54 Å². The highest BCUT2D eigenvalue weighted by molar-refractivity contribution is 9.10. The average Bonchev–Trinajstić information content (AvgIpc) is 2.68. The number of hydrogen-bond donors (Lipinski definition) is 1. The van der Waals surface area contributed by atoms with Crippen molar-refractivity contribution in [2.45, 2.75) is 26.4 Å². The molecule has 4 heteroatoms. The summed E-state index contributed by atoms with van der Waals surface area (Å²) >= 11 is 3.56. The number of anilines is 1. The highest BCUT2D eigenvalue weighted by atomic mass is 79.9. The molecule has 0 unspecified atom stereocenters. The maximum absolute atomic E-state index is 4.32. The van der Waals surface area contributed by atoms with Crippen LogP contribution in [-0.4, -0.2) is 15.6 Å². The summed E-state index contributed by atoms with van der Waals surface area (Å²) < 4.78 is 3.24. The van der Waals surface area contributed by atoms with Gasteiger partial charge in [0.25, 0.3) is 0 Å². The van der Waals surface area contributed by atoms with Gasteiger partial charge < -0.3 is 9.88 Å². The van der Waals surface area contributed by atoms with Gasteiger partial charge in [0.1, 0.15) is 0 Å². The zero-order valence-corrected chi connectivity index (χ0v) is 11.6. The van der Waals surface area contributed by atoms with Crippen molar-refractivity contribution < 1.29 is 0 Å². The summed E-state index contributed by atoms with van der Waals surface area (Å²) in [6.07, 6.45) is 3.81. The first kappa shape index (κ1) is 12.2. The Morgan fingerprint density at radius 3 is 2.82 bits per heavy atom. The van der Waals surface area contributed by atoms with E-state index >= 15 is 0 Å². The van der Waals surface area contributed by atoms with E-state index in [4.69, 9.17) is 0 Å². The fourth-order valence-electron chi connectivity index (χ4n) is 1.65. The van der Waals surface area contributed by atoms with Gasteiger partial charge in [0.15, 0.2) is 0 Å². The molecule has 1 heterocycles. The number of halogens is 1. The highest BCUT2D eigenvalue weighted by Gasteiger charge is 2.06. The van der Waals surface area contributed by atoms with Crippen molar-refractivity contribution in [1.82, 2.24) is 9.55 Å². The lowest BCUT2D eigenvalue weighted by atomic mass is 10.2. The van der Waals surface area contributed by atoms with E-state index in [2.05, 4.69) is 56.8 Å². The van der Waals surface area contributed by atoms with Gasteiger partial charge in [-0.3, -0.25) is 0 Å². The van der Waals surface area contributed by atoms with Gasteiger partial charge in [0, 0.05) is 22.9 Å². The zero-order valence-electron chi connectivity index (χ0n) is 10.0. The summed E-state index contributed by atoms with van der Waals surface area (Å²) in [7, 11) is 0. The second kappa shape index (κ2) is 5.36. The third kappa shape index (κ3) is 3.09. The van der Waals surface area contributed by atoms with Gasteiger partial charge >= 0.3 is 0 Å². The molecule has 0 saturated carbocycles. The number of hydrogen-bond acceptors (Lipinski definition) is 2. The molecule has 90 valence electrons. The van der Waals surface area contributed by atoms with E-state index in [0.29, 0.717) is 6.04 Å². The van der Waals surface area contributed by atoms with Crippen LogP contribution in [0, 0.1) is 0 Å². The van der Waals surface area contributed by atoms with Gasteiger partial charge in [-0.15, -0.1) is 0 Å². The molecule has 1 aromatic carbocycles. The number of aromatic nitrogens is 2. The molecule has 0 atom stereocenters. The average molecular weight is 294 g/mol. The van der Waals surface area contributed by atoms with Gasteiger partial charge in [-0.25, -0.2) is 4.98 Å². The second-order valence-electron chi connectivity index (χ2n) is 4.27. The Bertz CT molecular complexity index is 491. The number of nitrogens with one attached hydrogen (secondary N) is 1. The SMILES string of the molecule is CC(C)Nc1nccn1Cc1ccccc1Br. The Kier molecular flexibility index (Phi) is 3.84. The van der Waals surface area contributed by atoms with Crippen LogP contribution < -0.4 is 5.32 Å². The van der Waals surface area contributed by atoms with Crippen LogP contribution in [0.3, 0.4) is 0 Å². The van der Waals surface area contributed by atoms with Crippen molar-refractivity contribution in [2.75, 3.05) is 5.32 Å². The van der Waals surface area contributed by atoms with Crippen LogP contribution in [0.4, 0.5) is 5.95 Å². The molecule has 17 heavy (non-hydrogen) atoms. The minimum absolute atomic E-state index is 0.385. The van der Waals surface area contributed by atoms with E-state index in [-0.39, 0.29) is 0 Å². The van der Waals surface area contributed by atoms with Gasteiger partial charge in [-0.05, 0) is 25.5 Å². The summed E-state index contributed by atoms with van der Waals surface area (Å²) in [5.41, 5.74) is 1.25. The van der Waals surface area contributed by atoms with Crippen LogP contribution in [0.2, 0.25) is 0 Å². The second-order valence-corrected chi connectivity index (χ2v) is 5.12. The maximum atomic E-state index is 4.32. The number of rotatable bonds is 4. The third-order valence-electron chi connectivity index (χ3n) is 2.43. The predicted molar refractivity (Wildman–Crippen MR) is 74.2 cm³/mol. The molecule has 2 rings (SSSR count). The van der Waals surface area contributed by atoms with E-state index in [9.17, 15) is 0 Å². The predicted octanol–water partition coefficient (Wildman–Crippen LogP) is 3.51. The molecule has 0 amide bonds. The molecule has 0 spiro atoms. The molecule has 0 aliphatic rings. The fourth-order valence-corrected chi connectivity index (χ4v) is 2.06. The molecule has 0 radical (unpaired) electrons. The van der Waals surface area contributed by atoms with E-state index < -0.39 is 0 Å². The van der Waals surface area contributed by atoms with Crippen molar-refractivity contribution in [3.63, 3.8) is 0 Å². The minimum Gasteiger partial charge on any atom is -0.353 e. The standard InChI is InChI=1S/C13H16BrN3/c1-10(2)16-13-15-7-8-17(13)9-11-5-3-4-6-12(11)14/h3-8,10H,9H2,1-2H3,(H,15,16). The van der Waals surface area contributed by atoms with E-state index in [1.165, 1.54) is 5.56 Å². The highest BCUT2D eigenvalue weighted by Crippen LogP contribution is 2.18. The molecule has 3 nitrogen and oxygen atoms in total. The van der Waals surface area contributed by atoms with Gasteiger partial charge in [0.2, 0.25) is 5.95 Å². The van der Waals surface area contributed by atoms with Gasteiger partial charge in [-0.1, -0.05) is 34.1 Å². The van der Waals surface area contributed by atoms with Gasteiger partial charge in [-0.2, -0.15) is 0 Å². The van der Waals surface area contributed by atoms with E-state index in [1.807, 2.05) is 24.5 Å². The third-order valence-corrected chi connectivity index (χ3v) is 3.21. The lowest BCUT2D eigenvalue weighted by Crippen LogP contribution is -2.15. The van der Waals surface area contributed by atoms with Crippen LogP contribution in [-0.2, 0) is 6.54 Å². The molecule has 0 bridgehead atoms. The van der Waals surface area contributed by atoms with Crippen molar-refractivity contribution in [1.29, 1.82) is 0 Å². The summed E-state index contributed by atoms with van der Waals surface area (Å²) in [6, 6.07) is 8.63. The quantitative estimate of drug-likeness (QED) is 0.935. The van der Waals surface area contributed by atoms with Crippen LogP contribution in [0.5, 0.6) is 0 Å². The van der Waals surface area contributed by atoms with Crippen LogP contribution in [0.15, 0.2) is 41.1 Å². The summed E-state index contributed by atoms with van der Waals surface area (Å²) in [5.74, 6) is 0.913. The van der Waals surface area contributed by atoms with E-state index in [0.717, 1.165) is 17.0 Å². The molecule has 0 aliphatic carbocycles. The smallest absolute Gasteiger partial charge is 0.203 e. The Morgan fingerprint density at radius 1 is 1.35 bits per heavy atom. The number of nitrogens with zero attached hydrogens (tertiary/aromatic N) is 2. The van der Waals surface area contributed by atoms with E-state index in [1.54, 1.807) is 0 Å². The first-order valence-corrected chi connectivity index (χ1v) is 6.47. The summed E-state index contributed by atoms with van der Waals surface area (Å²) in [5, 5.41) is 3.33. The molecule has 0 fully saturated rings. The summed E-state index contributed by atoms with van der Waals surface area (Å²) in [6.45, 7) is 5.03. The fraction of sp³-hybridized carbons (Fsp3) is 0.308. The largest absolute Gasteiger partial charge is 0.353 e. The number of benzene rings is 1. The molecule has 1 aromatic heterocycles. The Morgan fingerprint density at radius 2 is 2.12 bits per heavy atom. The first-order chi connectivity index (χ1) is 8.16.